The highest BCUT2D eigenvalue weighted by atomic mass is 16.6. The molecule has 1 aromatic carbocycles. The van der Waals surface area contributed by atoms with E-state index in [1.165, 1.54) is 17.0 Å². The largest absolute Gasteiger partial charge is 0.478 e. The van der Waals surface area contributed by atoms with Crippen molar-refractivity contribution in [3.05, 3.63) is 29.8 Å². The van der Waals surface area contributed by atoms with Gasteiger partial charge in [-0.05, 0) is 24.3 Å². The lowest BCUT2D eigenvalue weighted by Gasteiger charge is -2.10. The van der Waals surface area contributed by atoms with Gasteiger partial charge in [0.05, 0.1) is 18.7 Å². The van der Waals surface area contributed by atoms with Crippen LogP contribution in [0.25, 0.3) is 0 Å². The third-order valence-electron chi connectivity index (χ3n) is 2.72. The van der Waals surface area contributed by atoms with E-state index in [-0.39, 0.29) is 17.8 Å². The first-order valence-corrected chi connectivity index (χ1v) is 5.55. The van der Waals surface area contributed by atoms with Crippen LogP contribution < -0.4 is 5.32 Å². The molecule has 1 aromatic rings. The van der Waals surface area contributed by atoms with Gasteiger partial charge in [-0.3, -0.25) is 0 Å². The fourth-order valence-electron chi connectivity index (χ4n) is 1.72. The van der Waals surface area contributed by atoms with Gasteiger partial charge < -0.3 is 20.1 Å². The Balaban J connectivity index is 1.87. The standard InChI is InChI=1S/C12H14N2O4/c1-14-7-10(18-12(14)17)6-13-9-4-2-8(3-5-9)11(15)16/h2-5,10,13H,6-7H2,1H3,(H,15,16)/t10-/m0/s1. The van der Waals surface area contributed by atoms with Crippen LogP contribution in [-0.4, -0.2) is 48.3 Å². The van der Waals surface area contributed by atoms with Crippen LogP contribution >= 0.6 is 0 Å². The summed E-state index contributed by atoms with van der Waals surface area (Å²) in [6.07, 6.45) is -0.496. The Labute approximate surface area is 104 Å². The molecule has 18 heavy (non-hydrogen) atoms. The van der Waals surface area contributed by atoms with Crippen molar-refractivity contribution in [2.45, 2.75) is 6.10 Å². The second-order valence-corrected chi connectivity index (χ2v) is 4.15. The predicted octanol–water partition coefficient (Wildman–Crippen LogP) is 1.25. The number of aromatic carboxylic acids is 1. The average molecular weight is 250 g/mol. The molecule has 1 aliphatic heterocycles. The van der Waals surface area contributed by atoms with Gasteiger partial charge in [-0.1, -0.05) is 0 Å². The molecule has 0 saturated carbocycles. The minimum atomic E-state index is -0.951. The third kappa shape index (κ3) is 2.71. The molecular weight excluding hydrogens is 236 g/mol. The molecular formula is C12H14N2O4. The molecule has 1 fully saturated rings. The molecule has 0 unspecified atom stereocenters. The number of hydrogen-bond acceptors (Lipinski definition) is 4. The van der Waals surface area contributed by atoms with Crippen LogP contribution in [0.4, 0.5) is 10.5 Å². The van der Waals surface area contributed by atoms with Crippen LogP contribution in [0.3, 0.4) is 0 Å². The summed E-state index contributed by atoms with van der Waals surface area (Å²) in [4.78, 5) is 23.3. The maximum absolute atomic E-state index is 11.1. The van der Waals surface area contributed by atoms with Crippen LogP contribution in [0.2, 0.25) is 0 Å². The summed E-state index contributed by atoms with van der Waals surface area (Å²) < 4.78 is 5.09. The van der Waals surface area contributed by atoms with Crippen molar-refractivity contribution in [2.75, 3.05) is 25.5 Å². The Morgan fingerprint density at radius 2 is 2.17 bits per heavy atom. The quantitative estimate of drug-likeness (QED) is 0.840. The molecule has 6 nitrogen and oxygen atoms in total. The fourth-order valence-corrected chi connectivity index (χ4v) is 1.72. The number of ether oxygens (including phenoxy) is 1. The Morgan fingerprint density at radius 1 is 1.50 bits per heavy atom. The molecule has 0 spiro atoms. The summed E-state index contributed by atoms with van der Waals surface area (Å²) in [5, 5.41) is 11.9. The molecule has 0 radical (unpaired) electrons. The fraction of sp³-hybridized carbons (Fsp3) is 0.333. The van der Waals surface area contributed by atoms with Gasteiger partial charge in [-0.15, -0.1) is 0 Å². The summed E-state index contributed by atoms with van der Waals surface area (Å²) in [7, 11) is 1.68. The number of carboxylic acid groups (broad SMARTS) is 1. The lowest BCUT2D eigenvalue weighted by Crippen LogP contribution is -2.24. The van der Waals surface area contributed by atoms with E-state index in [0.29, 0.717) is 13.1 Å². The molecule has 2 N–H and O–H groups in total. The Kier molecular flexibility index (Phi) is 3.36. The highest BCUT2D eigenvalue weighted by molar-refractivity contribution is 5.88. The minimum absolute atomic E-state index is 0.179. The zero-order valence-electron chi connectivity index (χ0n) is 9.92. The van der Waals surface area contributed by atoms with Crippen LogP contribution in [0.1, 0.15) is 10.4 Å². The van der Waals surface area contributed by atoms with E-state index < -0.39 is 5.97 Å². The number of carbonyl (C=O) groups is 2. The lowest BCUT2D eigenvalue weighted by molar-refractivity contribution is 0.0697. The molecule has 1 heterocycles. The van der Waals surface area contributed by atoms with Crippen molar-refractivity contribution in [2.24, 2.45) is 0 Å². The van der Waals surface area contributed by atoms with Gasteiger partial charge in [0, 0.05) is 12.7 Å². The van der Waals surface area contributed by atoms with Crippen LogP contribution in [0.15, 0.2) is 24.3 Å². The second-order valence-electron chi connectivity index (χ2n) is 4.15. The Bertz CT molecular complexity index is 458. The minimum Gasteiger partial charge on any atom is -0.478 e. The normalized spacial score (nSPS) is 18.6. The van der Waals surface area contributed by atoms with Gasteiger partial charge in [0.1, 0.15) is 6.10 Å². The Morgan fingerprint density at radius 3 is 2.67 bits per heavy atom. The van der Waals surface area contributed by atoms with E-state index in [2.05, 4.69) is 5.32 Å². The average Bonchev–Trinajstić information content (AvgIpc) is 2.67. The van der Waals surface area contributed by atoms with E-state index in [1.54, 1.807) is 19.2 Å². The van der Waals surface area contributed by atoms with Crippen molar-refractivity contribution >= 4 is 17.7 Å². The van der Waals surface area contributed by atoms with Crippen molar-refractivity contribution in [3.63, 3.8) is 0 Å². The van der Waals surface area contributed by atoms with E-state index in [9.17, 15) is 9.59 Å². The summed E-state index contributed by atoms with van der Waals surface area (Å²) in [6.45, 7) is 1.06. The number of carboxylic acids is 1. The molecule has 1 saturated heterocycles. The van der Waals surface area contributed by atoms with Gasteiger partial charge in [0.2, 0.25) is 0 Å². The van der Waals surface area contributed by atoms with Gasteiger partial charge in [-0.2, -0.15) is 0 Å². The number of hydrogen-bond donors (Lipinski definition) is 2. The monoisotopic (exact) mass is 250 g/mol. The maximum Gasteiger partial charge on any atom is 0.410 e. The molecule has 6 heteroatoms. The van der Waals surface area contributed by atoms with E-state index >= 15 is 0 Å². The first-order chi connectivity index (χ1) is 8.56. The van der Waals surface area contributed by atoms with Crippen LogP contribution in [0.5, 0.6) is 0 Å². The van der Waals surface area contributed by atoms with Crippen molar-refractivity contribution in [3.8, 4) is 0 Å². The predicted molar refractivity (Wildman–Crippen MR) is 64.8 cm³/mol. The highest BCUT2D eigenvalue weighted by Gasteiger charge is 2.27. The van der Waals surface area contributed by atoms with Crippen LogP contribution in [-0.2, 0) is 4.74 Å². The zero-order valence-corrected chi connectivity index (χ0v) is 9.92. The van der Waals surface area contributed by atoms with Crippen molar-refractivity contribution in [1.82, 2.24) is 4.90 Å². The molecule has 0 aromatic heterocycles. The number of nitrogens with one attached hydrogen (secondary N) is 1. The smallest absolute Gasteiger partial charge is 0.410 e. The van der Waals surface area contributed by atoms with Crippen molar-refractivity contribution < 1.29 is 19.4 Å². The van der Waals surface area contributed by atoms with Gasteiger partial charge in [0.25, 0.3) is 0 Å². The zero-order chi connectivity index (χ0) is 13.1. The summed E-state index contributed by atoms with van der Waals surface area (Å²) >= 11 is 0. The number of anilines is 1. The topological polar surface area (TPSA) is 78.9 Å². The Hall–Kier alpha value is -2.24. The molecule has 96 valence electrons. The molecule has 1 amide bonds. The summed E-state index contributed by atoms with van der Waals surface area (Å²) in [6, 6.07) is 6.42. The van der Waals surface area contributed by atoms with Gasteiger partial charge in [0.15, 0.2) is 0 Å². The number of rotatable bonds is 4. The summed E-state index contributed by atoms with van der Waals surface area (Å²) in [5.41, 5.74) is 1.04. The number of nitrogens with zero attached hydrogens (tertiary/aromatic N) is 1. The molecule has 1 atom stereocenters. The van der Waals surface area contributed by atoms with E-state index in [4.69, 9.17) is 9.84 Å². The molecule has 0 aliphatic carbocycles. The summed E-state index contributed by atoms with van der Waals surface area (Å²) in [5.74, 6) is -0.951. The molecule has 0 bridgehead atoms. The second kappa shape index (κ2) is 4.95. The van der Waals surface area contributed by atoms with Crippen LogP contribution in [0, 0.1) is 0 Å². The van der Waals surface area contributed by atoms with Gasteiger partial charge in [-0.25, -0.2) is 9.59 Å². The number of benzene rings is 1. The highest BCUT2D eigenvalue weighted by Crippen LogP contribution is 2.12. The maximum atomic E-state index is 11.1. The van der Waals surface area contributed by atoms with E-state index in [0.717, 1.165) is 5.69 Å². The SMILES string of the molecule is CN1C[C@H](CNc2ccc(C(=O)O)cc2)OC1=O. The van der Waals surface area contributed by atoms with E-state index in [1.807, 2.05) is 0 Å². The molecule has 2 rings (SSSR count). The number of cyclic esters (lactones) is 1. The lowest BCUT2D eigenvalue weighted by atomic mass is 10.2. The third-order valence-corrected chi connectivity index (χ3v) is 2.72. The first kappa shape index (κ1) is 12.2. The first-order valence-electron chi connectivity index (χ1n) is 5.55. The number of amides is 1. The number of likely N-dealkylation sites (N-methyl/N-ethyl adjacent to an activating group) is 1. The molecule has 1 aliphatic rings. The van der Waals surface area contributed by atoms with Gasteiger partial charge >= 0.3 is 12.1 Å². The van der Waals surface area contributed by atoms with Crippen molar-refractivity contribution in [1.29, 1.82) is 0 Å². The number of carbonyl (C=O) groups excluding carboxylic acids is 1.